The van der Waals surface area contributed by atoms with Crippen LogP contribution in [0.4, 0.5) is 0 Å². The fourth-order valence-electron chi connectivity index (χ4n) is 2.36. The minimum Gasteiger partial charge on any atom is -0.457 e. The second kappa shape index (κ2) is 5.33. The lowest BCUT2D eigenvalue weighted by molar-refractivity contribution is 0.483. The van der Waals surface area contributed by atoms with Gasteiger partial charge in [-0.3, -0.25) is 9.38 Å². The van der Waals surface area contributed by atoms with Crippen molar-refractivity contribution >= 4 is 5.52 Å². The first-order valence-electron chi connectivity index (χ1n) is 7.00. The standard InChI is InChI=1S/C18H13N3O/c1-2-4-16(5-3-1)22-17-8-6-14(7-9-17)18-20-13-15-12-19-10-11-21(15)18/h1-13H. The van der Waals surface area contributed by atoms with Gasteiger partial charge in [0.1, 0.15) is 17.3 Å². The van der Waals surface area contributed by atoms with Gasteiger partial charge in [-0.15, -0.1) is 0 Å². The van der Waals surface area contributed by atoms with Crippen LogP contribution in [0.2, 0.25) is 0 Å². The van der Waals surface area contributed by atoms with Gasteiger partial charge in [0, 0.05) is 18.0 Å². The first-order chi connectivity index (χ1) is 10.9. The molecule has 0 saturated carbocycles. The van der Waals surface area contributed by atoms with Crippen LogP contribution in [0, 0.1) is 0 Å². The SMILES string of the molecule is c1ccc(Oc2ccc(-c3ncc4cnccn34)cc2)cc1. The fourth-order valence-corrected chi connectivity index (χ4v) is 2.36. The van der Waals surface area contributed by atoms with Crippen LogP contribution < -0.4 is 4.74 Å². The Morgan fingerprint density at radius 3 is 2.41 bits per heavy atom. The minimum atomic E-state index is 0.803. The molecule has 4 aromatic rings. The third-order valence-electron chi connectivity index (χ3n) is 3.43. The molecule has 2 aromatic heterocycles. The summed E-state index contributed by atoms with van der Waals surface area (Å²) < 4.78 is 7.81. The van der Waals surface area contributed by atoms with Gasteiger partial charge >= 0.3 is 0 Å². The number of fused-ring (bicyclic) bond motifs is 1. The number of benzene rings is 2. The summed E-state index contributed by atoms with van der Waals surface area (Å²) >= 11 is 0. The van der Waals surface area contributed by atoms with E-state index in [0.29, 0.717) is 0 Å². The van der Waals surface area contributed by atoms with E-state index in [-0.39, 0.29) is 0 Å². The van der Waals surface area contributed by atoms with E-state index in [9.17, 15) is 0 Å². The molecule has 0 unspecified atom stereocenters. The van der Waals surface area contributed by atoms with Gasteiger partial charge in [0.15, 0.2) is 0 Å². The molecule has 0 bridgehead atoms. The highest BCUT2D eigenvalue weighted by atomic mass is 16.5. The number of rotatable bonds is 3. The Bertz CT molecular complexity index is 898. The maximum Gasteiger partial charge on any atom is 0.144 e. The fraction of sp³-hybridized carbons (Fsp3) is 0. The average Bonchev–Trinajstić information content (AvgIpc) is 3.01. The number of ether oxygens (including phenoxy) is 1. The molecule has 0 aliphatic heterocycles. The van der Waals surface area contributed by atoms with E-state index in [2.05, 4.69) is 9.97 Å². The van der Waals surface area contributed by atoms with Crippen molar-refractivity contribution in [2.75, 3.05) is 0 Å². The van der Waals surface area contributed by atoms with E-state index >= 15 is 0 Å². The van der Waals surface area contributed by atoms with E-state index in [0.717, 1.165) is 28.4 Å². The Hall–Kier alpha value is -3.14. The third-order valence-corrected chi connectivity index (χ3v) is 3.43. The van der Waals surface area contributed by atoms with Gasteiger partial charge in [0.05, 0.1) is 17.9 Å². The van der Waals surface area contributed by atoms with Gasteiger partial charge in [-0.05, 0) is 36.4 Å². The molecule has 0 aliphatic rings. The minimum absolute atomic E-state index is 0.803. The van der Waals surface area contributed by atoms with Gasteiger partial charge in [0.25, 0.3) is 0 Å². The molecule has 0 spiro atoms. The van der Waals surface area contributed by atoms with Crippen LogP contribution in [0.1, 0.15) is 0 Å². The van der Waals surface area contributed by atoms with E-state index in [1.165, 1.54) is 0 Å². The maximum atomic E-state index is 5.80. The summed E-state index contributed by atoms with van der Waals surface area (Å²) in [7, 11) is 0. The first-order valence-corrected chi connectivity index (χ1v) is 7.00. The molecule has 22 heavy (non-hydrogen) atoms. The molecular weight excluding hydrogens is 274 g/mol. The van der Waals surface area contributed by atoms with Gasteiger partial charge in [0.2, 0.25) is 0 Å². The molecule has 0 atom stereocenters. The third kappa shape index (κ3) is 2.31. The van der Waals surface area contributed by atoms with Gasteiger partial charge in [-0.25, -0.2) is 4.98 Å². The normalized spacial score (nSPS) is 10.7. The lowest BCUT2D eigenvalue weighted by Gasteiger charge is -2.06. The molecule has 106 valence electrons. The van der Waals surface area contributed by atoms with Crippen LogP contribution >= 0.6 is 0 Å². The number of imidazole rings is 1. The summed E-state index contributed by atoms with van der Waals surface area (Å²) in [5.74, 6) is 2.52. The summed E-state index contributed by atoms with van der Waals surface area (Å²) in [4.78, 5) is 8.56. The maximum absolute atomic E-state index is 5.80. The van der Waals surface area contributed by atoms with Crippen molar-refractivity contribution in [3.05, 3.63) is 79.4 Å². The zero-order valence-corrected chi connectivity index (χ0v) is 11.8. The van der Waals surface area contributed by atoms with Crippen molar-refractivity contribution in [2.45, 2.75) is 0 Å². The predicted molar refractivity (Wildman–Crippen MR) is 84.9 cm³/mol. The van der Waals surface area contributed by atoms with Crippen LogP contribution in [0.15, 0.2) is 79.4 Å². The second-order valence-corrected chi connectivity index (χ2v) is 4.89. The highest BCUT2D eigenvalue weighted by Gasteiger charge is 2.06. The Kier molecular flexibility index (Phi) is 3.05. The summed E-state index contributed by atoms with van der Waals surface area (Å²) in [6, 6.07) is 17.7. The Morgan fingerprint density at radius 2 is 1.59 bits per heavy atom. The van der Waals surface area contributed by atoms with E-state index in [1.807, 2.05) is 71.4 Å². The largest absolute Gasteiger partial charge is 0.457 e. The van der Waals surface area contributed by atoms with Crippen LogP contribution in [-0.4, -0.2) is 14.4 Å². The zero-order valence-electron chi connectivity index (χ0n) is 11.8. The van der Waals surface area contributed by atoms with Gasteiger partial charge in [-0.2, -0.15) is 0 Å². The molecule has 0 radical (unpaired) electrons. The molecule has 4 rings (SSSR count). The second-order valence-electron chi connectivity index (χ2n) is 4.89. The Morgan fingerprint density at radius 1 is 0.818 bits per heavy atom. The molecule has 0 saturated heterocycles. The molecule has 2 aromatic carbocycles. The monoisotopic (exact) mass is 287 g/mol. The Labute approximate surface area is 127 Å². The van der Waals surface area contributed by atoms with Crippen molar-refractivity contribution in [3.8, 4) is 22.9 Å². The number of hydrogen-bond donors (Lipinski definition) is 0. The van der Waals surface area contributed by atoms with Gasteiger partial charge in [-0.1, -0.05) is 18.2 Å². The van der Waals surface area contributed by atoms with Crippen molar-refractivity contribution in [1.82, 2.24) is 14.4 Å². The number of nitrogens with zero attached hydrogens (tertiary/aromatic N) is 3. The molecule has 0 N–H and O–H groups in total. The molecule has 4 nitrogen and oxygen atoms in total. The van der Waals surface area contributed by atoms with E-state index in [1.54, 1.807) is 12.4 Å². The van der Waals surface area contributed by atoms with E-state index < -0.39 is 0 Å². The molecule has 2 heterocycles. The average molecular weight is 287 g/mol. The number of aromatic nitrogens is 3. The highest BCUT2D eigenvalue weighted by Crippen LogP contribution is 2.25. The molecular formula is C18H13N3O. The summed E-state index contributed by atoms with van der Waals surface area (Å²) in [5.41, 5.74) is 2.01. The van der Waals surface area contributed by atoms with Crippen LogP contribution in [-0.2, 0) is 0 Å². The van der Waals surface area contributed by atoms with Crippen molar-refractivity contribution in [1.29, 1.82) is 0 Å². The van der Waals surface area contributed by atoms with Crippen molar-refractivity contribution in [3.63, 3.8) is 0 Å². The summed E-state index contributed by atoms with van der Waals surface area (Å²) in [6.07, 6.45) is 7.28. The molecule has 4 heteroatoms. The first kappa shape index (κ1) is 12.6. The topological polar surface area (TPSA) is 39.4 Å². The number of para-hydroxylation sites is 1. The van der Waals surface area contributed by atoms with Gasteiger partial charge < -0.3 is 4.74 Å². The van der Waals surface area contributed by atoms with Crippen LogP contribution in [0.25, 0.3) is 16.9 Å². The Balaban J connectivity index is 1.64. The molecule has 0 amide bonds. The van der Waals surface area contributed by atoms with Crippen molar-refractivity contribution < 1.29 is 4.74 Å². The van der Waals surface area contributed by atoms with Crippen molar-refractivity contribution in [2.24, 2.45) is 0 Å². The summed E-state index contributed by atoms with van der Waals surface area (Å²) in [6.45, 7) is 0. The lowest BCUT2D eigenvalue weighted by atomic mass is 10.2. The molecule has 0 fully saturated rings. The number of hydrogen-bond acceptors (Lipinski definition) is 3. The molecule has 0 aliphatic carbocycles. The lowest BCUT2D eigenvalue weighted by Crippen LogP contribution is -1.90. The smallest absolute Gasteiger partial charge is 0.144 e. The quantitative estimate of drug-likeness (QED) is 0.567. The highest BCUT2D eigenvalue weighted by molar-refractivity contribution is 5.62. The predicted octanol–water partition coefficient (Wildman–Crippen LogP) is 4.19. The van der Waals surface area contributed by atoms with Crippen LogP contribution in [0.5, 0.6) is 11.5 Å². The summed E-state index contributed by atoms with van der Waals surface area (Å²) in [5, 5.41) is 0. The van der Waals surface area contributed by atoms with Crippen LogP contribution in [0.3, 0.4) is 0 Å². The zero-order chi connectivity index (χ0) is 14.8. The van der Waals surface area contributed by atoms with E-state index in [4.69, 9.17) is 4.74 Å².